The number of rotatable bonds is 1. The van der Waals surface area contributed by atoms with Gasteiger partial charge in [0.25, 0.3) is 0 Å². The molecule has 0 amide bonds. The summed E-state index contributed by atoms with van der Waals surface area (Å²) in [7, 11) is 0. The largest absolute Gasteiger partial charge is 0.379 e. The summed E-state index contributed by atoms with van der Waals surface area (Å²) < 4.78 is 0. The number of aliphatic hydroxyl groups excluding tert-OH is 1. The lowest BCUT2D eigenvalue weighted by molar-refractivity contribution is -0.0331. The molecule has 0 aromatic heterocycles. The van der Waals surface area contributed by atoms with Crippen molar-refractivity contribution in [1.82, 2.24) is 10.2 Å². The van der Waals surface area contributed by atoms with Crippen LogP contribution in [-0.2, 0) is 0 Å². The molecule has 2 N–H and O–H groups in total. The summed E-state index contributed by atoms with van der Waals surface area (Å²) in [6.07, 6.45) is 1.10. The van der Waals surface area contributed by atoms with Gasteiger partial charge in [0.2, 0.25) is 0 Å². The van der Waals surface area contributed by atoms with E-state index in [1.165, 1.54) is 6.42 Å². The Bertz CT molecular complexity index is 149. The molecule has 0 aliphatic carbocycles. The highest BCUT2D eigenvalue weighted by atomic mass is 16.3. The van der Waals surface area contributed by atoms with E-state index in [2.05, 4.69) is 10.2 Å². The molecule has 2 bridgehead atoms. The highest BCUT2D eigenvalue weighted by molar-refractivity contribution is 4.85. The summed E-state index contributed by atoms with van der Waals surface area (Å²) in [5, 5.41) is 12.9. The van der Waals surface area contributed by atoms with Crippen LogP contribution in [0.25, 0.3) is 0 Å². The fourth-order valence-corrected chi connectivity index (χ4v) is 2.45. The summed E-state index contributed by atoms with van der Waals surface area (Å²) in [6, 6.07) is 0. The number of hydrogen-bond donors (Lipinski definition) is 2. The van der Waals surface area contributed by atoms with Crippen LogP contribution in [0.3, 0.4) is 0 Å². The molecule has 70 valence electrons. The number of nitrogens with one attached hydrogen (secondary N) is 1. The lowest BCUT2D eigenvalue weighted by Gasteiger charge is -2.42. The summed E-state index contributed by atoms with van der Waals surface area (Å²) in [4.78, 5) is 2.19. The zero-order valence-electron chi connectivity index (χ0n) is 7.66. The van der Waals surface area contributed by atoms with E-state index < -0.39 is 0 Å². The van der Waals surface area contributed by atoms with Crippen LogP contribution < -0.4 is 5.32 Å². The standard InChI is InChI=1S/C9H18N2O/c1-7(12)11-5-8-2-9(6-11)4-10-3-8/h7-10,12H,2-6H2,1H3. The van der Waals surface area contributed by atoms with Crippen molar-refractivity contribution < 1.29 is 5.11 Å². The highest BCUT2D eigenvalue weighted by Gasteiger charge is 2.31. The van der Waals surface area contributed by atoms with Crippen molar-refractivity contribution in [3.63, 3.8) is 0 Å². The molecule has 12 heavy (non-hydrogen) atoms. The Kier molecular flexibility index (Phi) is 2.35. The summed E-state index contributed by atoms with van der Waals surface area (Å²) in [5.74, 6) is 1.54. The van der Waals surface area contributed by atoms with Crippen molar-refractivity contribution >= 4 is 0 Å². The Balaban J connectivity index is 1.96. The Morgan fingerprint density at radius 2 is 1.92 bits per heavy atom. The molecule has 0 aromatic carbocycles. The van der Waals surface area contributed by atoms with E-state index in [1.807, 2.05) is 6.92 Å². The molecular weight excluding hydrogens is 152 g/mol. The van der Waals surface area contributed by atoms with Gasteiger partial charge in [-0.15, -0.1) is 0 Å². The number of piperidine rings is 2. The van der Waals surface area contributed by atoms with E-state index in [0.717, 1.165) is 38.0 Å². The number of aliphatic hydroxyl groups is 1. The van der Waals surface area contributed by atoms with Crippen molar-refractivity contribution in [3.8, 4) is 0 Å². The quantitative estimate of drug-likeness (QED) is 0.575. The van der Waals surface area contributed by atoms with Crippen LogP contribution >= 0.6 is 0 Å². The first-order valence-electron chi connectivity index (χ1n) is 4.88. The maximum atomic E-state index is 9.44. The van der Waals surface area contributed by atoms with Crippen molar-refractivity contribution in [1.29, 1.82) is 0 Å². The van der Waals surface area contributed by atoms with Gasteiger partial charge in [-0.05, 0) is 38.3 Å². The van der Waals surface area contributed by atoms with Gasteiger partial charge in [0.1, 0.15) is 6.23 Å². The summed E-state index contributed by atoms with van der Waals surface area (Å²) >= 11 is 0. The first kappa shape index (κ1) is 8.48. The number of nitrogens with zero attached hydrogens (tertiary/aromatic N) is 1. The fraction of sp³-hybridized carbons (Fsp3) is 1.00. The lowest BCUT2D eigenvalue weighted by Crippen LogP contribution is -2.53. The monoisotopic (exact) mass is 170 g/mol. The second-order valence-corrected chi connectivity index (χ2v) is 4.21. The first-order chi connectivity index (χ1) is 5.75. The van der Waals surface area contributed by atoms with Crippen LogP contribution in [0.5, 0.6) is 0 Å². The third-order valence-corrected chi connectivity index (χ3v) is 3.05. The molecule has 2 saturated heterocycles. The van der Waals surface area contributed by atoms with Gasteiger partial charge < -0.3 is 10.4 Å². The van der Waals surface area contributed by atoms with Gasteiger partial charge in [-0.25, -0.2) is 0 Å². The molecule has 0 spiro atoms. The van der Waals surface area contributed by atoms with Gasteiger partial charge in [0, 0.05) is 13.1 Å². The Morgan fingerprint density at radius 3 is 2.42 bits per heavy atom. The third kappa shape index (κ3) is 1.63. The second kappa shape index (κ2) is 3.32. The zero-order valence-corrected chi connectivity index (χ0v) is 7.66. The second-order valence-electron chi connectivity index (χ2n) is 4.21. The molecule has 2 rings (SSSR count). The molecule has 2 aliphatic rings. The van der Waals surface area contributed by atoms with Crippen molar-refractivity contribution in [3.05, 3.63) is 0 Å². The van der Waals surface area contributed by atoms with Crippen LogP contribution in [0.2, 0.25) is 0 Å². The lowest BCUT2D eigenvalue weighted by atomic mass is 9.86. The minimum atomic E-state index is -0.256. The van der Waals surface area contributed by atoms with Crippen LogP contribution in [0, 0.1) is 11.8 Å². The Morgan fingerprint density at radius 1 is 1.33 bits per heavy atom. The molecule has 2 fully saturated rings. The maximum Gasteiger partial charge on any atom is 0.104 e. The molecule has 3 nitrogen and oxygen atoms in total. The van der Waals surface area contributed by atoms with Gasteiger partial charge in [0.15, 0.2) is 0 Å². The molecular formula is C9H18N2O. The summed E-state index contributed by atoms with van der Waals surface area (Å²) in [5.41, 5.74) is 0. The molecule has 0 saturated carbocycles. The van der Waals surface area contributed by atoms with E-state index >= 15 is 0 Å². The fourth-order valence-electron chi connectivity index (χ4n) is 2.45. The molecule has 0 aromatic rings. The molecule has 0 radical (unpaired) electrons. The predicted octanol–water partition coefficient (Wildman–Crippen LogP) is -0.134. The van der Waals surface area contributed by atoms with Crippen LogP contribution in [-0.4, -0.2) is 42.4 Å². The average Bonchev–Trinajstić information content (AvgIpc) is 2.03. The third-order valence-electron chi connectivity index (χ3n) is 3.05. The topological polar surface area (TPSA) is 35.5 Å². The Hall–Kier alpha value is -0.120. The van der Waals surface area contributed by atoms with E-state index in [4.69, 9.17) is 0 Å². The van der Waals surface area contributed by atoms with Gasteiger partial charge >= 0.3 is 0 Å². The summed E-state index contributed by atoms with van der Waals surface area (Å²) in [6.45, 7) is 6.29. The average molecular weight is 170 g/mol. The van der Waals surface area contributed by atoms with E-state index in [9.17, 15) is 5.11 Å². The van der Waals surface area contributed by atoms with Crippen molar-refractivity contribution in [2.24, 2.45) is 11.8 Å². The normalized spacial score (nSPS) is 39.5. The van der Waals surface area contributed by atoms with Gasteiger partial charge in [-0.1, -0.05) is 0 Å². The van der Waals surface area contributed by atoms with Crippen molar-refractivity contribution in [2.75, 3.05) is 26.2 Å². The van der Waals surface area contributed by atoms with E-state index in [0.29, 0.717) is 0 Å². The first-order valence-corrected chi connectivity index (χ1v) is 4.88. The maximum absolute atomic E-state index is 9.44. The SMILES string of the molecule is CC(O)N1CC2CNCC(C2)C1. The van der Waals surface area contributed by atoms with Crippen LogP contribution in [0.15, 0.2) is 0 Å². The van der Waals surface area contributed by atoms with Crippen LogP contribution in [0.4, 0.5) is 0 Å². The molecule has 3 unspecified atom stereocenters. The van der Waals surface area contributed by atoms with E-state index in [1.54, 1.807) is 0 Å². The molecule has 3 heteroatoms. The van der Waals surface area contributed by atoms with Crippen LogP contribution in [0.1, 0.15) is 13.3 Å². The number of likely N-dealkylation sites (tertiary alicyclic amines) is 1. The predicted molar refractivity (Wildman–Crippen MR) is 47.7 cm³/mol. The minimum absolute atomic E-state index is 0.256. The van der Waals surface area contributed by atoms with Crippen molar-refractivity contribution in [2.45, 2.75) is 19.6 Å². The molecule has 3 atom stereocenters. The van der Waals surface area contributed by atoms with Gasteiger partial charge in [-0.2, -0.15) is 0 Å². The zero-order chi connectivity index (χ0) is 8.55. The minimum Gasteiger partial charge on any atom is -0.379 e. The number of hydrogen-bond acceptors (Lipinski definition) is 3. The van der Waals surface area contributed by atoms with Gasteiger partial charge in [-0.3, -0.25) is 4.90 Å². The van der Waals surface area contributed by atoms with E-state index in [-0.39, 0.29) is 6.23 Å². The Labute approximate surface area is 73.8 Å². The van der Waals surface area contributed by atoms with Gasteiger partial charge in [0.05, 0.1) is 0 Å². The number of fused-ring (bicyclic) bond motifs is 2. The molecule has 2 heterocycles. The smallest absolute Gasteiger partial charge is 0.104 e. The highest BCUT2D eigenvalue weighted by Crippen LogP contribution is 2.24. The molecule has 2 aliphatic heterocycles.